The van der Waals surface area contributed by atoms with Crippen LogP contribution in [0.4, 0.5) is 5.69 Å². The van der Waals surface area contributed by atoms with Crippen LogP contribution in [-0.4, -0.2) is 18.1 Å². The van der Waals surface area contributed by atoms with Gasteiger partial charge in [-0.3, -0.25) is 4.79 Å². The normalized spacial score (nSPS) is 10.6. The van der Waals surface area contributed by atoms with Gasteiger partial charge in [0.1, 0.15) is 11.4 Å². The number of amides is 1. The van der Waals surface area contributed by atoms with Gasteiger partial charge in [-0.05, 0) is 41.9 Å². The maximum Gasteiger partial charge on any atom is 0.268 e. The van der Waals surface area contributed by atoms with Gasteiger partial charge in [-0.1, -0.05) is 5.16 Å². The molecule has 0 aliphatic rings. The summed E-state index contributed by atoms with van der Waals surface area (Å²) < 4.78 is 6.00. The van der Waals surface area contributed by atoms with Crippen molar-refractivity contribution in [2.75, 3.05) is 11.9 Å². The highest BCUT2D eigenvalue weighted by Crippen LogP contribution is 2.28. The van der Waals surface area contributed by atoms with Crippen LogP contribution in [0.2, 0.25) is 0 Å². The Hall–Kier alpha value is -1.14. The zero-order chi connectivity index (χ0) is 12.6. The molecule has 1 amide bonds. The fourth-order valence-corrected chi connectivity index (χ4v) is 3.01. The molecule has 0 saturated heterocycles. The monoisotopic (exact) mass is 314 g/mol. The highest BCUT2D eigenvalue weighted by molar-refractivity contribution is 9.11. The first-order valence-corrected chi connectivity index (χ1v) is 6.58. The molecule has 0 fully saturated rings. The molecule has 0 bridgehead atoms. The summed E-state index contributed by atoms with van der Waals surface area (Å²) in [5.41, 5.74) is 1.45. The summed E-state index contributed by atoms with van der Waals surface area (Å²) in [6.07, 6.45) is 0. The lowest BCUT2D eigenvalue weighted by Gasteiger charge is -2.15. The van der Waals surface area contributed by atoms with Crippen LogP contribution in [-0.2, 0) is 0 Å². The van der Waals surface area contributed by atoms with Gasteiger partial charge in [0.05, 0.1) is 8.66 Å². The number of hydrogen-bond donors (Lipinski definition) is 0. The molecule has 0 aliphatic heterocycles. The van der Waals surface area contributed by atoms with Crippen LogP contribution in [0.25, 0.3) is 0 Å². The quantitative estimate of drug-likeness (QED) is 0.853. The number of carbonyl (C=O) groups is 1. The maximum atomic E-state index is 12.2. The predicted molar refractivity (Wildman–Crippen MR) is 70.7 cm³/mol. The number of nitrogens with zero attached hydrogens (tertiary/aromatic N) is 2. The Morgan fingerprint density at radius 2 is 2.18 bits per heavy atom. The van der Waals surface area contributed by atoms with Gasteiger partial charge in [0.25, 0.3) is 5.91 Å². The highest BCUT2D eigenvalue weighted by Gasteiger charge is 2.21. The van der Waals surface area contributed by atoms with Gasteiger partial charge >= 0.3 is 0 Å². The van der Waals surface area contributed by atoms with E-state index in [0.29, 0.717) is 16.3 Å². The lowest BCUT2D eigenvalue weighted by molar-refractivity contribution is 0.0996. The molecule has 0 spiro atoms. The van der Waals surface area contributed by atoms with Gasteiger partial charge in [0.2, 0.25) is 0 Å². The number of hydrogen-bond acceptors (Lipinski definition) is 4. The number of rotatable bonds is 2. The van der Waals surface area contributed by atoms with Gasteiger partial charge < -0.3 is 9.42 Å². The molecule has 0 saturated carbocycles. The average Bonchev–Trinajstić information content (AvgIpc) is 2.84. The minimum Gasteiger partial charge on any atom is -0.359 e. The van der Waals surface area contributed by atoms with Gasteiger partial charge in [0.15, 0.2) is 5.76 Å². The Labute approximate surface area is 111 Å². The van der Waals surface area contributed by atoms with E-state index >= 15 is 0 Å². The molecule has 2 rings (SSSR count). The summed E-state index contributed by atoms with van der Waals surface area (Å²) in [5, 5.41) is 3.84. The first kappa shape index (κ1) is 12.3. The van der Waals surface area contributed by atoms with Crippen molar-refractivity contribution in [3.05, 3.63) is 32.3 Å². The summed E-state index contributed by atoms with van der Waals surface area (Å²) in [6, 6.07) is 3.66. The van der Waals surface area contributed by atoms with Crippen LogP contribution in [0.1, 0.15) is 21.1 Å². The molecular formula is C11H11BrN2O2S. The third-order valence-corrected chi connectivity index (χ3v) is 4.03. The van der Waals surface area contributed by atoms with Gasteiger partial charge in [-0.15, -0.1) is 11.3 Å². The van der Waals surface area contributed by atoms with Crippen LogP contribution in [0.3, 0.4) is 0 Å². The average molecular weight is 315 g/mol. The van der Waals surface area contributed by atoms with Crippen LogP contribution in [0.15, 0.2) is 20.4 Å². The molecule has 0 unspecified atom stereocenters. The van der Waals surface area contributed by atoms with E-state index < -0.39 is 0 Å². The van der Waals surface area contributed by atoms with Crippen molar-refractivity contribution in [2.45, 2.75) is 13.8 Å². The van der Waals surface area contributed by atoms with Crippen molar-refractivity contribution in [1.82, 2.24) is 5.16 Å². The molecule has 0 radical (unpaired) electrons. The molecular weight excluding hydrogens is 304 g/mol. The van der Waals surface area contributed by atoms with E-state index in [9.17, 15) is 4.79 Å². The molecule has 17 heavy (non-hydrogen) atoms. The van der Waals surface area contributed by atoms with E-state index in [1.165, 1.54) is 11.3 Å². The second-order valence-electron chi connectivity index (χ2n) is 3.64. The van der Waals surface area contributed by atoms with E-state index in [1.54, 1.807) is 24.9 Å². The summed E-state index contributed by atoms with van der Waals surface area (Å²) in [6.45, 7) is 3.61. The van der Waals surface area contributed by atoms with Crippen LogP contribution in [0, 0.1) is 13.8 Å². The van der Waals surface area contributed by atoms with E-state index in [2.05, 4.69) is 21.1 Å². The number of aromatic nitrogens is 1. The zero-order valence-corrected chi connectivity index (χ0v) is 12.1. The second kappa shape index (κ2) is 4.62. The van der Waals surface area contributed by atoms with E-state index in [0.717, 1.165) is 9.47 Å². The van der Waals surface area contributed by atoms with Gasteiger partial charge in [-0.2, -0.15) is 0 Å². The molecule has 0 aromatic carbocycles. The van der Waals surface area contributed by atoms with Gasteiger partial charge in [-0.25, -0.2) is 0 Å². The van der Waals surface area contributed by atoms with Crippen LogP contribution in [0.5, 0.6) is 0 Å². The number of carbonyl (C=O) groups excluding carboxylic acids is 1. The molecule has 2 heterocycles. The molecule has 90 valence electrons. The molecule has 2 aromatic rings. The van der Waals surface area contributed by atoms with Crippen molar-refractivity contribution in [1.29, 1.82) is 0 Å². The lowest BCUT2D eigenvalue weighted by Crippen LogP contribution is -2.26. The molecule has 0 aliphatic carbocycles. The lowest BCUT2D eigenvalue weighted by atomic mass is 10.3. The Morgan fingerprint density at radius 3 is 2.65 bits per heavy atom. The fourth-order valence-electron chi connectivity index (χ4n) is 1.65. The van der Waals surface area contributed by atoms with Crippen molar-refractivity contribution < 1.29 is 9.32 Å². The third-order valence-electron chi connectivity index (χ3n) is 2.42. The first-order valence-electron chi connectivity index (χ1n) is 4.97. The largest absolute Gasteiger partial charge is 0.359 e. The predicted octanol–water partition coefficient (Wildman–Crippen LogP) is 3.39. The standard InChI is InChI=1S/C11H11BrN2O2S/c1-6-10(7(2)16-13-6)14(3)11(15)8-4-5-9(12)17-8/h4-5H,1-3H3. The Kier molecular flexibility index (Phi) is 3.35. The summed E-state index contributed by atoms with van der Waals surface area (Å²) in [5.74, 6) is 0.587. The second-order valence-corrected chi connectivity index (χ2v) is 6.10. The SMILES string of the molecule is Cc1noc(C)c1N(C)C(=O)c1ccc(Br)s1. The zero-order valence-electron chi connectivity index (χ0n) is 9.65. The topological polar surface area (TPSA) is 46.3 Å². The molecule has 0 atom stereocenters. The van der Waals surface area contributed by atoms with Crippen molar-refractivity contribution in [3.8, 4) is 0 Å². The number of aryl methyl sites for hydroxylation is 2. The maximum absolute atomic E-state index is 12.2. The summed E-state index contributed by atoms with van der Waals surface area (Å²) >= 11 is 4.75. The van der Waals surface area contributed by atoms with E-state index in [-0.39, 0.29) is 5.91 Å². The molecule has 4 nitrogen and oxygen atoms in total. The van der Waals surface area contributed by atoms with Crippen molar-refractivity contribution in [2.24, 2.45) is 0 Å². The number of anilines is 1. The number of halogens is 1. The molecule has 0 N–H and O–H groups in total. The third kappa shape index (κ3) is 2.28. The Balaban J connectivity index is 2.32. The fraction of sp³-hybridized carbons (Fsp3) is 0.273. The minimum absolute atomic E-state index is 0.0601. The summed E-state index contributed by atoms with van der Waals surface area (Å²) in [4.78, 5) is 14.5. The first-order chi connectivity index (χ1) is 8.00. The number of thiophene rings is 1. The smallest absolute Gasteiger partial charge is 0.268 e. The Morgan fingerprint density at radius 1 is 1.47 bits per heavy atom. The molecule has 2 aromatic heterocycles. The molecule has 6 heteroatoms. The van der Waals surface area contributed by atoms with Crippen molar-refractivity contribution >= 4 is 38.9 Å². The van der Waals surface area contributed by atoms with E-state index in [1.807, 2.05) is 13.0 Å². The van der Waals surface area contributed by atoms with Crippen LogP contribution < -0.4 is 4.90 Å². The highest BCUT2D eigenvalue weighted by atomic mass is 79.9. The van der Waals surface area contributed by atoms with E-state index in [4.69, 9.17) is 4.52 Å². The van der Waals surface area contributed by atoms with Gasteiger partial charge in [0, 0.05) is 7.05 Å². The minimum atomic E-state index is -0.0601. The Bertz CT molecular complexity index is 542. The summed E-state index contributed by atoms with van der Waals surface area (Å²) in [7, 11) is 1.72. The van der Waals surface area contributed by atoms with Crippen molar-refractivity contribution in [3.63, 3.8) is 0 Å². The van der Waals surface area contributed by atoms with Crippen LogP contribution >= 0.6 is 27.3 Å².